The van der Waals surface area contributed by atoms with Crippen LogP contribution in [0.15, 0.2) is 17.0 Å². The van der Waals surface area contributed by atoms with Crippen molar-refractivity contribution in [1.82, 2.24) is 4.31 Å². The lowest BCUT2D eigenvalue weighted by atomic mass is 10.1. The van der Waals surface area contributed by atoms with Gasteiger partial charge in [-0.15, -0.1) is 12.4 Å². The van der Waals surface area contributed by atoms with Gasteiger partial charge in [-0.25, -0.2) is 8.42 Å². The fourth-order valence-corrected chi connectivity index (χ4v) is 4.21. The number of nitro groups is 1. The molecule has 9 heteroatoms. The Morgan fingerprint density at radius 3 is 2.45 bits per heavy atom. The third kappa shape index (κ3) is 3.57. The molecule has 0 amide bonds. The van der Waals surface area contributed by atoms with Gasteiger partial charge >= 0.3 is 0 Å². The lowest BCUT2D eigenvalue weighted by molar-refractivity contribution is -0.387. The molecule has 1 fully saturated rings. The maximum Gasteiger partial charge on any atom is 0.289 e. The second-order valence-electron chi connectivity index (χ2n) is 5.43. The molecular weight excluding hydrogens is 330 g/mol. The molecule has 1 saturated heterocycles. The number of sulfonamides is 1. The number of halogens is 1. The van der Waals surface area contributed by atoms with Gasteiger partial charge in [-0.2, -0.15) is 4.31 Å². The highest BCUT2D eigenvalue weighted by atomic mass is 35.5. The molecule has 1 aliphatic heterocycles. The fraction of sp³-hybridized carbons (Fsp3) is 0.538. The van der Waals surface area contributed by atoms with Crippen molar-refractivity contribution in [1.29, 1.82) is 0 Å². The maximum atomic E-state index is 12.7. The van der Waals surface area contributed by atoms with Gasteiger partial charge in [0.2, 0.25) is 10.0 Å². The van der Waals surface area contributed by atoms with Crippen molar-refractivity contribution in [3.8, 4) is 0 Å². The summed E-state index contributed by atoms with van der Waals surface area (Å²) < 4.78 is 26.6. The van der Waals surface area contributed by atoms with E-state index in [4.69, 9.17) is 5.73 Å². The number of rotatable bonds is 3. The minimum Gasteiger partial charge on any atom is -0.327 e. The normalized spacial score (nSPS) is 19.5. The molecular formula is C13H20ClN3O4S. The lowest BCUT2D eigenvalue weighted by Crippen LogP contribution is -2.45. The number of piperidine rings is 1. The molecule has 0 aliphatic carbocycles. The van der Waals surface area contributed by atoms with Gasteiger partial charge in [0, 0.05) is 25.2 Å². The summed E-state index contributed by atoms with van der Waals surface area (Å²) in [7, 11) is -3.90. The Bertz CT molecular complexity index is 678. The summed E-state index contributed by atoms with van der Waals surface area (Å²) in [5.74, 6) is 0. The number of benzene rings is 1. The van der Waals surface area contributed by atoms with Crippen LogP contribution in [0.2, 0.25) is 0 Å². The van der Waals surface area contributed by atoms with E-state index in [-0.39, 0.29) is 35.6 Å². The number of nitrogens with two attached hydrogens (primary N) is 1. The number of aryl methyl sites for hydroxylation is 2. The monoisotopic (exact) mass is 349 g/mol. The van der Waals surface area contributed by atoms with Crippen molar-refractivity contribution in [2.75, 3.05) is 13.1 Å². The number of nitro benzene ring substituents is 1. The maximum absolute atomic E-state index is 12.7. The Morgan fingerprint density at radius 1 is 1.32 bits per heavy atom. The van der Waals surface area contributed by atoms with E-state index in [1.807, 2.05) is 0 Å². The second-order valence-corrected chi connectivity index (χ2v) is 7.33. The fourth-order valence-electron chi connectivity index (χ4n) is 2.46. The minimum absolute atomic E-state index is 0. The van der Waals surface area contributed by atoms with E-state index in [0.29, 0.717) is 24.1 Å². The molecule has 2 rings (SSSR count). The van der Waals surface area contributed by atoms with Gasteiger partial charge in [0.1, 0.15) is 0 Å². The predicted octanol–water partition coefficient (Wildman–Crippen LogP) is 1.75. The molecule has 0 radical (unpaired) electrons. The lowest BCUT2D eigenvalue weighted by Gasteiger charge is -2.29. The molecule has 1 aliphatic rings. The molecule has 0 aromatic heterocycles. The third-order valence-electron chi connectivity index (χ3n) is 3.81. The highest BCUT2D eigenvalue weighted by Crippen LogP contribution is 2.30. The third-order valence-corrected chi connectivity index (χ3v) is 5.70. The van der Waals surface area contributed by atoms with Crippen LogP contribution in [-0.4, -0.2) is 36.8 Å². The first kappa shape index (κ1) is 18.8. The highest BCUT2D eigenvalue weighted by molar-refractivity contribution is 7.89. The largest absolute Gasteiger partial charge is 0.327 e. The van der Waals surface area contributed by atoms with Crippen LogP contribution in [0.25, 0.3) is 0 Å². The van der Waals surface area contributed by atoms with Crippen LogP contribution < -0.4 is 5.73 Å². The molecule has 0 saturated carbocycles. The summed E-state index contributed by atoms with van der Waals surface area (Å²) in [6.07, 6.45) is 1.43. The van der Waals surface area contributed by atoms with E-state index in [1.165, 1.54) is 16.4 Å². The molecule has 1 aromatic rings. The second kappa shape index (κ2) is 6.91. The molecule has 22 heavy (non-hydrogen) atoms. The molecule has 1 aromatic carbocycles. The Balaban J connectivity index is 0.00000242. The molecule has 1 heterocycles. The zero-order chi connectivity index (χ0) is 15.8. The molecule has 0 bridgehead atoms. The SMILES string of the molecule is Cc1cc([N+](=O)[O-])c(S(=O)(=O)N2CCCC(N)C2)cc1C.Cl. The first-order chi connectivity index (χ1) is 9.73. The quantitative estimate of drug-likeness (QED) is 0.660. The van der Waals surface area contributed by atoms with Crippen LogP contribution >= 0.6 is 12.4 Å². The average molecular weight is 350 g/mol. The Morgan fingerprint density at radius 2 is 1.91 bits per heavy atom. The van der Waals surface area contributed by atoms with Gasteiger partial charge in [-0.1, -0.05) is 0 Å². The molecule has 2 N–H and O–H groups in total. The van der Waals surface area contributed by atoms with E-state index < -0.39 is 14.9 Å². The van der Waals surface area contributed by atoms with Gasteiger partial charge in [-0.05, 0) is 43.9 Å². The molecule has 7 nitrogen and oxygen atoms in total. The van der Waals surface area contributed by atoms with Crippen LogP contribution in [0.1, 0.15) is 24.0 Å². The summed E-state index contributed by atoms with van der Waals surface area (Å²) in [5.41, 5.74) is 6.83. The van der Waals surface area contributed by atoms with Gasteiger partial charge in [-0.3, -0.25) is 10.1 Å². The van der Waals surface area contributed by atoms with E-state index in [2.05, 4.69) is 0 Å². The van der Waals surface area contributed by atoms with E-state index in [9.17, 15) is 18.5 Å². The van der Waals surface area contributed by atoms with Crippen LogP contribution in [-0.2, 0) is 10.0 Å². The average Bonchev–Trinajstić information content (AvgIpc) is 2.41. The van der Waals surface area contributed by atoms with E-state index >= 15 is 0 Å². The highest BCUT2D eigenvalue weighted by Gasteiger charge is 2.34. The Hall–Kier alpha value is -1.22. The van der Waals surface area contributed by atoms with E-state index in [1.54, 1.807) is 13.8 Å². The van der Waals surface area contributed by atoms with Crippen molar-refractivity contribution in [2.45, 2.75) is 37.6 Å². The van der Waals surface area contributed by atoms with Crippen LogP contribution in [0, 0.1) is 24.0 Å². The summed E-state index contributed by atoms with van der Waals surface area (Å²) in [6, 6.07) is 2.47. The summed E-state index contributed by atoms with van der Waals surface area (Å²) in [4.78, 5) is 10.3. The first-order valence-corrected chi connectivity index (χ1v) is 8.19. The summed E-state index contributed by atoms with van der Waals surface area (Å²) in [5, 5.41) is 11.2. The summed E-state index contributed by atoms with van der Waals surface area (Å²) >= 11 is 0. The van der Waals surface area contributed by atoms with Gasteiger partial charge in [0.05, 0.1) is 4.92 Å². The Labute approximate surface area is 136 Å². The van der Waals surface area contributed by atoms with Gasteiger partial charge < -0.3 is 5.73 Å². The zero-order valence-electron chi connectivity index (χ0n) is 12.5. The topological polar surface area (TPSA) is 107 Å². The van der Waals surface area contributed by atoms with E-state index in [0.717, 1.165) is 6.42 Å². The molecule has 124 valence electrons. The van der Waals surface area contributed by atoms with Gasteiger partial charge in [0.25, 0.3) is 5.69 Å². The van der Waals surface area contributed by atoms with Crippen molar-refractivity contribution in [3.05, 3.63) is 33.4 Å². The standard InChI is InChI=1S/C13H19N3O4S.ClH/c1-9-6-12(16(17)18)13(7-10(9)2)21(19,20)15-5-3-4-11(14)8-15;/h6-7,11H,3-5,8,14H2,1-2H3;1H. The summed E-state index contributed by atoms with van der Waals surface area (Å²) in [6.45, 7) is 4.00. The zero-order valence-corrected chi connectivity index (χ0v) is 14.1. The van der Waals surface area contributed by atoms with Crippen LogP contribution in [0.4, 0.5) is 5.69 Å². The predicted molar refractivity (Wildman–Crippen MR) is 85.8 cm³/mol. The smallest absolute Gasteiger partial charge is 0.289 e. The van der Waals surface area contributed by atoms with Crippen molar-refractivity contribution >= 4 is 28.1 Å². The minimum atomic E-state index is -3.90. The van der Waals surface area contributed by atoms with Crippen LogP contribution in [0.5, 0.6) is 0 Å². The van der Waals surface area contributed by atoms with Crippen molar-refractivity contribution in [3.63, 3.8) is 0 Å². The Kier molecular flexibility index (Phi) is 5.91. The number of hydrogen-bond donors (Lipinski definition) is 1. The molecule has 1 atom stereocenters. The first-order valence-electron chi connectivity index (χ1n) is 6.75. The van der Waals surface area contributed by atoms with Gasteiger partial charge in [0.15, 0.2) is 4.90 Å². The number of nitrogens with zero attached hydrogens (tertiary/aromatic N) is 2. The molecule has 0 spiro atoms. The molecule has 1 unspecified atom stereocenters. The van der Waals surface area contributed by atoms with Crippen LogP contribution in [0.3, 0.4) is 0 Å². The van der Waals surface area contributed by atoms with Crippen molar-refractivity contribution < 1.29 is 13.3 Å². The number of hydrogen-bond acceptors (Lipinski definition) is 5. The van der Waals surface area contributed by atoms with Crippen molar-refractivity contribution in [2.24, 2.45) is 5.73 Å².